The predicted octanol–water partition coefficient (Wildman–Crippen LogP) is 13.4. The molecular formula is C53H40N5OPt-3. The molecule has 0 amide bonds. The number of hydrogen-bond acceptors (Lipinski definition) is 3. The van der Waals surface area contributed by atoms with Gasteiger partial charge in [-0.15, -0.1) is 17.5 Å². The normalized spacial score (nSPS) is 11.9. The van der Waals surface area contributed by atoms with Crippen LogP contribution < -0.4 is 0 Å². The molecule has 296 valence electrons. The van der Waals surface area contributed by atoms with E-state index in [1.807, 2.05) is 12.1 Å². The molecule has 6 aromatic carbocycles. The van der Waals surface area contributed by atoms with Crippen LogP contribution in [0.5, 0.6) is 0 Å². The Labute approximate surface area is 362 Å². The molecule has 0 radical (unpaired) electrons. The van der Waals surface area contributed by atoms with Gasteiger partial charge in [0.15, 0.2) is 0 Å². The Hall–Kier alpha value is -6.62. The summed E-state index contributed by atoms with van der Waals surface area (Å²) in [5.74, 6) is 0. The van der Waals surface area contributed by atoms with Crippen LogP contribution in [0.2, 0.25) is 0 Å². The first kappa shape index (κ1) is 37.6. The van der Waals surface area contributed by atoms with E-state index in [0.29, 0.717) is 16.8 Å². The number of pyridine rings is 2. The Balaban J connectivity index is 0.00000433. The maximum Gasteiger partial charge on any atom is 0.136 e. The van der Waals surface area contributed by atoms with E-state index in [1.165, 1.54) is 16.7 Å². The van der Waals surface area contributed by atoms with Crippen LogP contribution in [0.1, 0.15) is 37.5 Å². The Morgan fingerprint density at radius 3 is 2.08 bits per heavy atom. The zero-order valence-corrected chi connectivity index (χ0v) is 36.2. The van der Waals surface area contributed by atoms with E-state index in [1.54, 1.807) is 6.20 Å². The summed E-state index contributed by atoms with van der Waals surface area (Å²) in [6.45, 7) is 11.1. The second-order valence-corrected chi connectivity index (χ2v) is 16.6. The Kier molecular flexibility index (Phi) is 8.96. The number of hydrogen-bond donors (Lipinski definition) is 0. The molecule has 0 atom stereocenters. The van der Waals surface area contributed by atoms with Crippen molar-refractivity contribution in [1.29, 1.82) is 0 Å². The van der Waals surface area contributed by atoms with Gasteiger partial charge in [-0.2, -0.15) is 12.1 Å². The molecule has 0 aliphatic carbocycles. The molecule has 0 saturated heterocycles. The first-order valence-corrected chi connectivity index (χ1v) is 20.1. The summed E-state index contributed by atoms with van der Waals surface area (Å²) in [6, 6.07) is 56.7. The molecule has 0 spiro atoms. The number of aromatic nitrogens is 5. The van der Waals surface area contributed by atoms with Gasteiger partial charge in [-0.1, -0.05) is 147 Å². The first-order chi connectivity index (χ1) is 28.7. The van der Waals surface area contributed by atoms with Gasteiger partial charge < -0.3 is 22.9 Å². The van der Waals surface area contributed by atoms with E-state index in [2.05, 4.69) is 194 Å². The van der Waals surface area contributed by atoms with Crippen molar-refractivity contribution in [2.75, 3.05) is 0 Å². The smallest absolute Gasteiger partial charge is 0.136 e. The van der Waals surface area contributed by atoms with E-state index in [4.69, 9.17) is 14.4 Å². The summed E-state index contributed by atoms with van der Waals surface area (Å²) in [5, 5.41) is 5.40. The average molecular weight is 958 g/mol. The van der Waals surface area contributed by atoms with E-state index in [9.17, 15) is 0 Å². The van der Waals surface area contributed by atoms with Gasteiger partial charge in [0.1, 0.15) is 5.65 Å². The third-order valence-electron chi connectivity index (χ3n) is 11.5. The van der Waals surface area contributed by atoms with E-state index in [0.717, 1.165) is 77.1 Å². The fourth-order valence-electron chi connectivity index (χ4n) is 8.82. The average Bonchev–Trinajstić information content (AvgIpc) is 3.78. The van der Waals surface area contributed by atoms with Gasteiger partial charge in [0.25, 0.3) is 0 Å². The molecule has 5 heterocycles. The molecule has 0 saturated carbocycles. The van der Waals surface area contributed by atoms with E-state index < -0.39 is 0 Å². The largest absolute Gasteiger partial charge is 0.522 e. The number of para-hydroxylation sites is 4. The topological polar surface area (TPSA) is 53.2 Å². The second-order valence-electron chi connectivity index (χ2n) is 16.6. The minimum absolute atomic E-state index is 0. The molecule has 6 nitrogen and oxygen atoms in total. The van der Waals surface area contributed by atoms with Crippen LogP contribution >= 0.6 is 0 Å². The van der Waals surface area contributed by atoms with Crippen molar-refractivity contribution in [2.45, 2.75) is 40.0 Å². The van der Waals surface area contributed by atoms with Gasteiger partial charge in [-0.25, -0.2) is 11.1 Å². The number of benzene rings is 6. The minimum atomic E-state index is -0.171. The third-order valence-corrected chi connectivity index (χ3v) is 11.5. The molecule has 60 heavy (non-hydrogen) atoms. The zero-order valence-electron chi connectivity index (χ0n) is 33.9. The maximum atomic E-state index is 6.61. The quantitative estimate of drug-likeness (QED) is 0.154. The molecule has 8 bridgehead atoms. The van der Waals surface area contributed by atoms with Crippen molar-refractivity contribution >= 4 is 71.5 Å². The molecule has 0 unspecified atom stereocenters. The molecule has 10 aromatic rings. The summed E-state index contributed by atoms with van der Waals surface area (Å²) < 4.78 is 13.3. The molecule has 0 N–H and O–H groups in total. The third kappa shape index (κ3) is 6.17. The Morgan fingerprint density at radius 2 is 1.30 bits per heavy atom. The van der Waals surface area contributed by atoms with Gasteiger partial charge in [0.2, 0.25) is 0 Å². The van der Waals surface area contributed by atoms with Gasteiger partial charge in [-0.3, -0.25) is 0 Å². The summed E-state index contributed by atoms with van der Waals surface area (Å²) in [4.78, 5) is 10.4. The van der Waals surface area contributed by atoms with Crippen molar-refractivity contribution in [1.82, 2.24) is 23.5 Å². The zero-order chi connectivity index (χ0) is 40.0. The van der Waals surface area contributed by atoms with Gasteiger partial charge >= 0.3 is 0 Å². The molecule has 7 heteroatoms. The standard InChI is InChI=1S/C53H40N5O.Pt/c1-33-25-34(2)27-35(26-33)39-16-12-17-44-40-13-6-7-14-41(40)45-28-36(53(3,4)5)29-51(55-45)58-46-18-9-8-15-42(46)43-22-21-37(30-49(43)58)59-38-23-24-54-50(31-38)56-32-57(52(39)44)48-20-11-10-19-47(48)56;/h6-29,32H,1-5H3;/q-3;. The number of fused-ring (bicyclic) bond motifs is 20. The van der Waals surface area contributed by atoms with Gasteiger partial charge in [0.05, 0.1) is 5.52 Å². The summed E-state index contributed by atoms with van der Waals surface area (Å²) >= 11 is 0. The molecule has 1 aliphatic rings. The summed E-state index contributed by atoms with van der Waals surface area (Å²) in [7, 11) is 0. The predicted molar refractivity (Wildman–Crippen MR) is 242 cm³/mol. The second kappa shape index (κ2) is 14.3. The number of imidazole rings is 1. The van der Waals surface area contributed by atoms with Crippen LogP contribution in [0.25, 0.3) is 94.0 Å². The van der Waals surface area contributed by atoms with Crippen LogP contribution in [0, 0.1) is 26.0 Å². The summed E-state index contributed by atoms with van der Waals surface area (Å²) in [5.41, 5.74) is 14.2. The van der Waals surface area contributed by atoms with Crippen LogP contribution in [0.4, 0.5) is 0 Å². The van der Waals surface area contributed by atoms with E-state index >= 15 is 0 Å². The maximum absolute atomic E-state index is 6.61. The fourth-order valence-corrected chi connectivity index (χ4v) is 8.82. The van der Waals surface area contributed by atoms with Crippen molar-refractivity contribution in [3.05, 3.63) is 181 Å². The number of rotatable bonds is 1. The van der Waals surface area contributed by atoms with Gasteiger partial charge in [0, 0.05) is 43.9 Å². The molecular weight excluding hydrogens is 918 g/mol. The molecule has 1 aliphatic heterocycles. The molecule has 11 rings (SSSR count). The van der Waals surface area contributed by atoms with Crippen LogP contribution in [0.3, 0.4) is 0 Å². The molecule has 4 aromatic heterocycles. The minimum Gasteiger partial charge on any atom is -0.522 e. The fraction of sp³-hybridized carbons (Fsp3) is 0.113. The van der Waals surface area contributed by atoms with Crippen LogP contribution in [-0.2, 0) is 26.5 Å². The monoisotopic (exact) mass is 957 g/mol. The van der Waals surface area contributed by atoms with Crippen molar-refractivity contribution in [2.24, 2.45) is 0 Å². The number of nitrogens with zero attached hydrogens (tertiary/aromatic N) is 5. The Morgan fingerprint density at radius 1 is 0.617 bits per heavy atom. The van der Waals surface area contributed by atoms with Gasteiger partial charge in [-0.05, 0) is 98.4 Å². The Bertz CT molecular complexity index is 3570. The van der Waals surface area contributed by atoms with Crippen LogP contribution in [-0.4, -0.2) is 23.5 Å². The van der Waals surface area contributed by atoms with Crippen molar-refractivity contribution in [3.8, 4) is 22.5 Å². The van der Waals surface area contributed by atoms with E-state index in [-0.39, 0.29) is 26.5 Å². The van der Waals surface area contributed by atoms with Crippen LogP contribution in [0.15, 0.2) is 156 Å². The first-order valence-electron chi connectivity index (χ1n) is 20.1. The number of aryl methyl sites for hydroxylation is 2. The summed E-state index contributed by atoms with van der Waals surface area (Å²) in [6.07, 6.45) is 3.92. The molecule has 0 fully saturated rings. The van der Waals surface area contributed by atoms with Crippen molar-refractivity contribution < 1.29 is 25.5 Å². The SMILES string of the molecule is Cc1cc(C)cc(-c2cccc3c4ccccc4c4cc(C(C)(C)C)cc(n4)n4c5[c-]c(ccc5c5ccccc54)oc4[c-]c(ncc4)n4[cH-]n(c23)-c2ccccc2-4)c1.[Pt]. The van der Waals surface area contributed by atoms with Crippen molar-refractivity contribution in [3.63, 3.8) is 0 Å².